The van der Waals surface area contributed by atoms with Crippen LogP contribution in [0.25, 0.3) is 0 Å². The number of anilines is 1. The van der Waals surface area contributed by atoms with Gasteiger partial charge in [-0.15, -0.1) is 0 Å². The molecule has 0 aliphatic heterocycles. The number of benzene rings is 1. The minimum atomic E-state index is -4.48. The molecule has 0 spiro atoms. The summed E-state index contributed by atoms with van der Waals surface area (Å²) in [4.78, 5) is 35.4. The van der Waals surface area contributed by atoms with Crippen molar-refractivity contribution < 1.29 is 35.9 Å². The number of nitrogens with one attached hydrogen (secondary N) is 1. The van der Waals surface area contributed by atoms with Crippen molar-refractivity contribution in [3.05, 3.63) is 54.1 Å². The number of hydrogen-bond acceptors (Lipinski definition) is 4. The average molecular weight is 561 g/mol. The highest BCUT2D eigenvalue weighted by atomic mass is 35.5. The summed E-state index contributed by atoms with van der Waals surface area (Å²) in [6.45, 7) is 0. The van der Waals surface area contributed by atoms with E-state index in [1.54, 1.807) is 0 Å². The second-order valence-corrected chi connectivity index (χ2v) is 10.3. The SMILES string of the molecule is B[C@](C(=O)NC1CCC(F)(F)CC1)(c1cncnc1)N(C(=O)[C@H](F)Cl)c1ccc(C2(C(F)(F)F)CC2)cc1. The molecule has 38 heavy (non-hydrogen) atoms. The van der Waals surface area contributed by atoms with Gasteiger partial charge in [0.15, 0.2) is 7.85 Å². The van der Waals surface area contributed by atoms with E-state index in [9.17, 15) is 35.9 Å². The monoisotopic (exact) mass is 560 g/mol. The number of aromatic nitrogens is 2. The first-order valence-electron chi connectivity index (χ1n) is 11.9. The van der Waals surface area contributed by atoms with Crippen molar-refractivity contribution in [3.8, 4) is 0 Å². The predicted molar refractivity (Wildman–Crippen MR) is 129 cm³/mol. The first kappa shape index (κ1) is 28.2. The van der Waals surface area contributed by atoms with Crippen LogP contribution in [0.1, 0.15) is 49.7 Å². The van der Waals surface area contributed by atoms with Crippen LogP contribution >= 0.6 is 11.6 Å². The molecule has 0 radical (unpaired) electrons. The van der Waals surface area contributed by atoms with Crippen molar-refractivity contribution in [2.45, 2.75) is 73.1 Å². The van der Waals surface area contributed by atoms with Gasteiger partial charge in [-0.25, -0.2) is 23.1 Å². The van der Waals surface area contributed by atoms with Crippen molar-refractivity contribution >= 4 is 36.9 Å². The predicted octanol–water partition coefficient (Wildman–Crippen LogP) is 4.12. The fraction of sp³-hybridized carbons (Fsp3) is 0.500. The van der Waals surface area contributed by atoms with Crippen LogP contribution in [0.2, 0.25) is 0 Å². The van der Waals surface area contributed by atoms with Crippen LogP contribution in [0.3, 0.4) is 0 Å². The number of carbonyl (C=O) groups is 2. The Morgan fingerprint density at radius 2 is 1.61 bits per heavy atom. The van der Waals surface area contributed by atoms with Gasteiger partial charge >= 0.3 is 6.18 Å². The van der Waals surface area contributed by atoms with Crippen molar-refractivity contribution in [2.75, 3.05) is 4.90 Å². The smallest absolute Gasteiger partial charge is 0.352 e. The van der Waals surface area contributed by atoms with E-state index in [2.05, 4.69) is 15.3 Å². The maximum absolute atomic E-state index is 14.3. The molecule has 0 bridgehead atoms. The summed E-state index contributed by atoms with van der Waals surface area (Å²) in [7, 11) is 1.28. The van der Waals surface area contributed by atoms with Crippen LogP contribution in [-0.2, 0) is 20.4 Å². The van der Waals surface area contributed by atoms with Crippen molar-refractivity contribution in [3.63, 3.8) is 0 Å². The number of rotatable bonds is 7. The summed E-state index contributed by atoms with van der Waals surface area (Å²) in [6.07, 6.45) is -1.98. The normalized spacial score (nSPS) is 21.1. The van der Waals surface area contributed by atoms with E-state index in [4.69, 9.17) is 11.6 Å². The zero-order valence-corrected chi connectivity index (χ0v) is 21.0. The largest absolute Gasteiger partial charge is 0.398 e. The van der Waals surface area contributed by atoms with Crippen LogP contribution in [-0.4, -0.2) is 53.4 Å². The lowest BCUT2D eigenvalue weighted by atomic mass is 9.69. The van der Waals surface area contributed by atoms with Crippen LogP contribution in [0.5, 0.6) is 0 Å². The number of nitrogens with zero attached hydrogens (tertiary/aromatic N) is 3. The van der Waals surface area contributed by atoms with Crippen LogP contribution < -0.4 is 10.2 Å². The molecular weight excluding hydrogens is 537 g/mol. The Morgan fingerprint density at radius 3 is 2.08 bits per heavy atom. The minimum Gasteiger partial charge on any atom is -0.352 e. The summed E-state index contributed by atoms with van der Waals surface area (Å²) >= 11 is 5.52. The molecule has 2 fully saturated rings. The molecule has 0 saturated heterocycles. The molecular formula is C24H24BClF6N4O2. The third-order valence-electron chi connectivity index (χ3n) is 7.44. The lowest BCUT2D eigenvalue weighted by Crippen LogP contribution is -2.62. The molecule has 2 aromatic rings. The Kier molecular flexibility index (Phi) is 7.46. The van der Waals surface area contributed by atoms with Gasteiger partial charge in [0.2, 0.25) is 11.8 Å². The second-order valence-electron chi connectivity index (χ2n) is 9.90. The van der Waals surface area contributed by atoms with Gasteiger partial charge in [0, 0.05) is 42.5 Å². The molecule has 1 N–H and O–H groups in total. The molecule has 1 aromatic heterocycles. The minimum absolute atomic E-state index is 0.0243. The van der Waals surface area contributed by atoms with Gasteiger partial charge in [0.1, 0.15) is 11.8 Å². The van der Waals surface area contributed by atoms with Gasteiger partial charge < -0.3 is 5.32 Å². The maximum Gasteiger partial charge on any atom is 0.398 e. The summed E-state index contributed by atoms with van der Waals surface area (Å²) in [5.74, 6) is -5.05. The standard InChI is InChI=1S/C24H24BClF6N4O2/c25-23(15-11-33-13-34-12-15,20(38)35-16-5-7-22(28,29)8-6-16)36(19(37)18(26)27)17-3-1-14(2-4-17)21(9-10-21)24(30,31)32/h1-4,11-13,16,18H,5-10,25H2,(H,35,38)/t18-,23+/m0/s1. The molecule has 2 amide bonds. The molecule has 2 aliphatic rings. The topological polar surface area (TPSA) is 75.2 Å². The van der Waals surface area contributed by atoms with Crippen molar-refractivity contribution in [2.24, 2.45) is 0 Å². The van der Waals surface area contributed by atoms with Gasteiger partial charge in [0.25, 0.3) is 11.5 Å². The summed E-state index contributed by atoms with van der Waals surface area (Å²) < 4.78 is 82.4. The third-order valence-corrected chi connectivity index (χ3v) is 7.63. The fourth-order valence-electron chi connectivity index (χ4n) is 4.92. The molecule has 2 saturated carbocycles. The summed E-state index contributed by atoms with van der Waals surface area (Å²) in [5.41, 5.74) is -6.72. The average Bonchev–Trinajstić information content (AvgIpc) is 3.68. The Balaban J connectivity index is 1.75. The molecule has 1 heterocycles. The zero-order chi connectivity index (χ0) is 27.9. The quantitative estimate of drug-likeness (QED) is 0.314. The van der Waals surface area contributed by atoms with Gasteiger partial charge in [0.05, 0.1) is 5.41 Å². The van der Waals surface area contributed by atoms with E-state index in [1.807, 2.05) is 0 Å². The fourth-order valence-corrected chi connectivity index (χ4v) is 5.01. The van der Waals surface area contributed by atoms with Gasteiger partial charge in [-0.05, 0) is 43.4 Å². The first-order chi connectivity index (χ1) is 17.7. The Morgan fingerprint density at radius 1 is 1.05 bits per heavy atom. The van der Waals surface area contributed by atoms with Gasteiger partial charge in [-0.3, -0.25) is 14.5 Å². The molecule has 0 unspecified atom stereocenters. The highest BCUT2D eigenvalue weighted by Gasteiger charge is 2.64. The lowest BCUT2D eigenvalue weighted by Gasteiger charge is -2.42. The van der Waals surface area contributed by atoms with E-state index >= 15 is 0 Å². The molecule has 2 aliphatic carbocycles. The number of hydrogen-bond donors (Lipinski definition) is 1. The summed E-state index contributed by atoms with van der Waals surface area (Å²) in [5, 5.41) is 2.67. The molecule has 4 rings (SSSR count). The van der Waals surface area contributed by atoms with Crippen molar-refractivity contribution in [1.29, 1.82) is 0 Å². The van der Waals surface area contributed by atoms with Crippen LogP contribution in [0, 0.1) is 0 Å². The Labute approximate surface area is 220 Å². The number of alkyl halides is 7. The van der Waals surface area contributed by atoms with E-state index in [0.717, 1.165) is 11.2 Å². The van der Waals surface area contributed by atoms with E-state index < -0.39 is 59.3 Å². The van der Waals surface area contributed by atoms with Gasteiger partial charge in [-0.2, -0.15) is 13.2 Å². The molecule has 6 nitrogen and oxygen atoms in total. The van der Waals surface area contributed by atoms with Gasteiger partial charge in [-0.1, -0.05) is 23.7 Å². The number of amides is 2. The zero-order valence-electron chi connectivity index (χ0n) is 20.2. The summed E-state index contributed by atoms with van der Waals surface area (Å²) in [6, 6.07) is 4.09. The molecule has 2 atom stereocenters. The van der Waals surface area contributed by atoms with Crippen LogP contribution in [0.4, 0.5) is 32.0 Å². The van der Waals surface area contributed by atoms with E-state index in [1.165, 1.54) is 44.5 Å². The molecule has 1 aromatic carbocycles. The van der Waals surface area contributed by atoms with Crippen LogP contribution in [0.15, 0.2) is 43.0 Å². The first-order valence-corrected chi connectivity index (χ1v) is 12.4. The molecule has 14 heteroatoms. The number of carbonyl (C=O) groups excluding carboxylic acids is 2. The molecule has 204 valence electrons. The van der Waals surface area contributed by atoms with E-state index in [0.29, 0.717) is 0 Å². The maximum atomic E-state index is 14.3. The highest BCUT2D eigenvalue weighted by Crippen LogP contribution is 2.59. The number of halogens is 7. The Hall–Kier alpha value is -2.83. The Bertz CT molecular complexity index is 1170. The second kappa shape index (κ2) is 10.1. The van der Waals surface area contributed by atoms with Crippen molar-refractivity contribution in [1.82, 2.24) is 15.3 Å². The third kappa shape index (κ3) is 5.21. The highest BCUT2D eigenvalue weighted by molar-refractivity contribution is 6.37. The lowest BCUT2D eigenvalue weighted by molar-refractivity contribution is -0.160. The van der Waals surface area contributed by atoms with E-state index in [-0.39, 0.29) is 42.5 Å².